The second-order valence-electron chi connectivity index (χ2n) is 4.69. The van der Waals surface area contributed by atoms with Crippen LogP contribution in [-0.4, -0.2) is 29.5 Å². The van der Waals surface area contributed by atoms with Crippen molar-refractivity contribution < 1.29 is 9.53 Å². The number of para-hydroxylation sites is 1. The molecule has 0 radical (unpaired) electrons. The Kier molecular flexibility index (Phi) is 3.62. The Balaban J connectivity index is 1.86. The first kappa shape index (κ1) is 13.6. The van der Waals surface area contributed by atoms with Gasteiger partial charge in [0, 0.05) is 24.8 Å². The fourth-order valence-corrected chi connectivity index (χ4v) is 2.99. The molecule has 5 nitrogen and oxygen atoms in total. The summed E-state index contributed by atoms with van der Waals surface area (Å²) >= 11 is 1.60. The van der Waals surface area contributed by atoms with Crippen LogP contribution in [0, 0.1) is 0 Å². The summed E-state index contributed by atoms with van der Waals surface area (Å²) in [7, 11) is 3.33. The van der Waals surface area contributed by atoms with E-state index in [9.17, 15) is 4.79 Å². The maximum Gasteiger partial charge on any atom is 0.339 e. The molecule has 2 aromatic heterocycles. The SMILES string of the molecule is COC(=O)c1ccccc1N(C)Cc1cn2ccsc2n1. The number of esters is 1. The fourth-order valence-electron chi connectivity index (χ4n) is 2.27. The normalized spacial score (nSPS) is 10.8. The lowest BCUT2D eigenvalue weighted by Crippen LogP contribution is -2.20. The van der Waals surface area contributed by atoms with Crippen LogP contribution < -0.4 is 4.90 Å². The van der Waals surface area contributed by atoms with Crippen LogP contribution in [0.1, 0.15) is 16.1 Å². The van der Waals surface area contributed by atoms with Crippen molar-refractivity contribution in [3.63, 3.8) is 0 Å². The molecule has 0 unspecified atom stereocenters. The van der Waals surface area contributed by atoms with E-state index in [1.165, 1.54) is 7.11 Å². The van der Waals surface area contributed by atoms with Gasteiger partial charge in [0.25, 0.3) is 0 Å². The second-order valence-corrected chi connectivity index (χ2v) is 5.56. The van der Waals surface area contributed by atoms with Crippen LogP contribution in [-0.2, 0) is 11.3 Å². The minimum Gasteiger partial charge on any atom is -0.465 e. The molecule has 6 heteroatoms. The van der Waals surface area contributed by atoms with Crippen molar-refractivity contribution in [2.24, 2.45) is 0 Å². The average Bonchev–Trinajstić information content (AvgIpc) is 3.07. The van der Waals surface area contributed by atoms with Gasteiger partial charge >= 0.3 is 5.97 Å². The van der Waals surface area contributed by atoms with Gasteiger partial charge < -0.3 is 9.64 Å². The van der Waals surface area contributed by atoms with Crippen molar-refractivity contribution in [3.05, 3.63) is 53.3 Å². The Morgan fingerprint density at radius 3 is 3.00 bits per heavy atom. The standard InChI is InChI=1S/C15H15N3O2S/c1-17(9-11-10-18-7-8-21-15(18)16-11)13-6-4-3-5-12(13)14(19)20-2/h3-8,10H,9H2,1-2H3. The van der Waals surface area contributed by atoms with E-state index in [4.69, 9.17) is 4.74 Å². The topological polar surface area (TPSA) is 46.8 Å². The number of rotatable bonds is 4. The lowest BCUT2D eigenvalue weighted by atomic mass is 10.1. The molecule has 3 aromatic rings. The summed E-state index contributed by atoms with van der Waals surface area (Å²) in [5.74, 6) is -0.330. The van der Waals surface area contributed by atoms with Crippen LogP contribution in [0.2, 0.25) is 0 Å². The Morgan fingerprint density at radius 2 is 2.24 bits per heavy atom. The van der Waals surface area contributed by atoms with Crippen molar-refractivity contribution in [3.8, 4) is 0 Å². The molecular formula is C15H15N3O2S. The highest BCUT2D eigenvalue weighted by atomic mass is 32.1. The van der Waals surface area contributed by atoms with Gasteiger partial charge in [-0.05, 0) is 12.1 Å². The van der Waals surface area contributed by atoms with Gasteiger partial charge in [0.05, 0.1) is 30.6 Å². The number of ether oxygens (including phenoxy) is 1. The molecule has 2 heterocycles. The van der Waals surface area contributed by atoms with Gasteiger partial charge in [0.15, 0.2) is 4.96 Å². The number of anilines is 1. The molecule has 0 saturated heterocycles. The van der Waals surface area contributed by atoms with Gasteiger partial charge in [0.1, 0.15) is 0 Å². The van der Waals surface area contributed by atoms with E-state index in [0.29, 0.717) is 12.1 Å². The van der Waals surface area contributed by atoms with Crippen LogP contribution in [0.3, 0.4) is 0 Å². The van der Waals surface area contributed by atoms with Crippen molar-refractivity contribution in [2.75, 3.05) is 19.1 Å². The zero-order chi connectivity index (χ0) is 14.8. The monoisotopic (exact) mass is 301 g/mol. The molecular weight excluding hydrogens is 286 g/mol. The average molecular weight is 301 g/mol. The van der Waals surface area contributed by atoms with E-state index in [0.717, 1.165) is 16.3 Å². The van der Waals surface area contributed by atoms with Crippen LogP contribution >= 0.6 is 11.3 Å². The zero-order valence-corrected chi connectivity index (χ0v) is 12.6. The van der Waals surface area contributed by atoms with Gasteiger partial charge in [-0.15, -0.1) is 11.3 Å². The number of aromatic nitrogens is 2. The maximum atomic E-state index is 11.8. The fraction of sp³-hybridized carbons (Fsp3) is 0.200. The van der Waals surface area contributed by atoms with Crippen LogP contribution in [0.5, 0.6) is 0 Å². The Morgan fingerprint density at radius 1 is 1.43 bits per heavy atom. The predicted octanol–water partition coefficient (Wildman–Crippen LogP) is 2.82. The summed E-state index contributed by atoms with van der Waals surface area (Å²) in [5, 5.41) is 2.00. The highest BCUT2D eigenvalue weighted by molar-refractivity contribution is 7.15. The highest BCUT2D eigenvalue weighted by Crippen LogP contribution is 2.22. The molecule has 1 aromatic carbocycles. The second kappa shape index (κ2) is 5.57. The largest absolute Gasteiger partial charge is 0.465 e. The first-order valence-corrected chi connectivity index (χ1v) is 7.36. The van der Waals surface area contributed by atoms with E-state index in [1.807, 2.05) is 52.3 Å². The number of carbonyl (C=O) groups excluding carboxylic acids is 1. The van der Waals surface area contributed by atoms with Crippen molar-refractivity contribution in [1.82, 2.24) is 9.38 Å². The molecule has 0 N–H and O–H groups in total. The quantitative estimate of drug-likeness (QED) is 0.695. The first-order valence-electron chi connectivity index (χ1n) is 6.48. The van der Waals surface area contributed by atoms with Crippen LogP contribution in [0.25, 0.3) is 4.96 Å². The van der Waals surface area contributed by atoms with Gasteiger partial charge in [-0.2, -0.15) is 0 Å². The number of benzene rings is 1. The van der Waals surface area contributed by atoms with Gasteiger partial charge in [-0.1, -0.05) is 12.1 Å². The molecule has 0 amide bonds. The van der Waals surface area contributed by atoms with E-state index in [2.05, 4.69) is 4.98 Å². The molecule has 0 atom stereocenters. The molecule has 0 fully saturated rings. The summed E-state index contributed by atoms with van der Waals surface area (Å²) < 4.78 is 6.83. The number of fused-ring (bicyclic) bond motifs is 1. The highest BCUT2D eigenvalue weighted by Gasteiger charge is 2.15. The third-order valence-electron chi connectivity index (χ3n) is 3.26. The third-order valence-corrected chi connectivity index (χ3v) is 4.03. The number of hydrogen-bond donors (Lipinski definition) is 0. The third kappa shape index (κ3) is 2.62. The number of hydrogen-bond acceptors (Lipinski definition) is 5. The summed E-state index contributed by atoms with van der Waals surface area (Å²) in [5.41, 5.74) is 2.35. The van der Waals surface area contributed by atoms with E-state index in [-0.39, 0.29) is 5.97 Å². The lowest BCUT2D eigenvalue weighted by Gasteiger charge is -2.20. The number of imidazole rings is 1. The summed E-state index contributed by atoms with van der Waals surface area (Å²) in [6.07, 6.45) is 3.99. The lowest BCUT2D eigenvalue weighted by molar-refractivity contribution is 0.0601. The van der Waals surface area contributed by atoms with Crippen molar-refractivity contribution in [1.29, 1.82) is 0 Å². The molecule has 108 valence electrons. The van der Waals surface area contributed by atoms with Gasteiger partial charge in [0.2, 0.25) is 0 Å². The van der Waals surface area contributed by atoms with E-state index in [1.54, 1.807) is 17.4 Å². The van der Waals surface area contributed by atoms with Crippen LogP contribution in [0.15, 0.2) is 42.0 Å². The molecule has 0 spiro atoms. The number of methoxy groups -OCH3 is 1. The summed E-state index contributed by atoms with van der Waals surface area (Å²) in [6.45, 7) is 0.627. The molecule has 3 rings (SSSR count). The van der Waals surface area contributed by atoms with E-state index < -0.39 is 0 Å². The molecule has 0 aliphatic heterocycles. The first-order chi connectivity index (χ1) is 10.2. The predicted molar refractivity (Wildman–Crippen MR) is 83.0 cm³/mol. The van der Waals surface area contributed by atoms with Gasteiger partial charge in [-0.3, -0.25) is 4.40 Å². The number of nitrogens with zero attached hydrogens (tertiary/aromatic N) is 3. The Bertz CT molecular complexity index is 749. The molecule has 0 aliphatic carbocycles. The molecule has 0 aliphatic rings. The molecule has 0 bridgehead atoms. The Hall–Kier alpha value is -2.34. The van der Waals surface area contributed by atoms with Gasteiger partial charge in [-0.25, -0.2) is 9.78 Å². The smallest absolute Gasteiger partial charge is 0.339 e. The Labute approximate surface area is 126 Å². The minimum absolute atomic E-state index is 0.330. The number of carbonyl (C=O) groups is 1. The molecule has 21 heavy (non-hydrogen) atoms. The maximum absolute atomic E-state index is 11.8. The molecule has 0 saturated carbocycles. The summed E-state index contributed by atoms with van der Waals surface area (Å²) in [4.78, 5) is 19.4. The minimum atomic E-state index is -0.330. The zero-order valence-electron chi connectivity index (χ0n) is 11.8. The van der Waals surface area contributed by atoms with E-state index >= 15 is 0 Å². The summed E-state index contributed by atoms with van der Waals surface area (Å²) in [6, 6.07) is 7.41. The van der Waals surface area contributed by atoms with Crippen LogP contribution in [0.4, 0.5) is 5.69 Å². The van der Waals surface area contributed by atoms with Crippen molar-refractivity contribution in [2.45, 2.75) is 6.54 Å². The van der Waals surface area contributed by atoms with Crippen molar-refractivity contribution >= 4 is 28.0 Å². The number of thiazole rings is 1.